The number of carbonyl (C=O) groups is 6. The summed E-state index contributed by atoms with van der Waals surface area (Å²) < 4.78 is 7.60. The van der Waals surface area contributed by atoms with Crippen molar-refractivity contribution in [2.24, 2.45) is 0 Å². The molecule has 18 nitrogen and oxygen atoms in total. The highest BCUT2D eigenvalue weighted by molar-refractivity contribution is 6.23. The zero-order valence-electron chi connectivity index (χ0n) is 32.4. The van der Waals surface area contributed by atoms with Crippen molar-refractivity contribution in [3.8, 4) is 11.5 Å². The number of aryl methyl sites for hydroxylation is 1. The molecule has 18 heteroatoms. The molecule has 2 N–H and O–H groups in total. The molecule has 0 saturated carbocycles. The largest absolute Gasteiger partial charge is 0.383 e. The van der Waals surface area contributed by atoms with Gasteiger partial charge < -0.3 is 24.4 Å². The third kappa shape index (κ3) is 7.14. The van der Waals surface area contributed by atoms with Gasteiger partial charge in [-0.15, -0.1) is 10.2 Å². The molecule has 1 unspecified atom stereocenters. The molecule has 4 aliphatic heterocycles. The first kappa shape index (κ1) is 38.3. The lowest BCUT2D eigenvalue weighted by Crippen LogP contribution is -2.54. The van der Waals surface area contributed by atoms with Gasteiger partial charge in [0.1, 0.15) is 36.3 Å². The van der Waals surface area contributed by atoms with E-state index >= 15 is 0 Å². The zero-order chi connectivity index (χ0) is 40.7. The number of amides is 6. The van der Waals surface area contributed by atoms with Crippen LogP contribution in [0.2, 0.25) is 0 Å². The Morgan fingerprint density at radius 3 is 2.59 bits per heavy atom. The van der Waals surface area contributed by atoms with Gasteiger partial charge in [0.15, 0.2) is 5.82 Å². The average molecular weight is 790 g/mol. The second-order valence-corrected chi connectivity index (χ2v) is 14.8. The first-order chi connectivity index (χ1) is 28.0. The zero-order valence-corrected chi connectivity index (χ0v) is 32.4. The van der Waals surface area contributed by atoms with Gasteiger partial charge in [0.2, 0.25) is 17.7 Å². The van der Waals surface area contributed by atoms with Gasteiger partial charge in [-0.1, -0.05) is 6.07 Å². The Bertz CT molecular complexity index is 2340. The van der Waals surface area contributed by atoms with Crippen molar-refractivity contribution in [2.45, 2.75) is 71.2 Å². The molecule has 3 aromatic heterocycles. The van der Waals surface area contributed by atoms with Gasteiger partial charge in [-0.05, 0) is 69.5 Å². The molecular formula is C40H43N11O7. The minimum atomic E-state index is -1.04. The van der Waals surface area contributed by atoms with Gasteiger partial charge in [0.25, 0.3) is 17.7 Å². The van der Waals surface area contributed by atoms with Crippen molar-refractivity contribution >= 4 is 52.8 Å². The third-order valence-corrected chi connectivity index (χ3v) is 11.1. The van der Waals surface area contributed by atoms with Crippen LogP contribution in [0.4, 0.5) is 17.3 Å². The fourth-order valence-corrected chi connectivity index (χ4v) is 7.90. The highest BCUT2D eigenvalue weighted by Gasteiger charge is 2.44. The van der Waals surface area contributed by atoms with Gasteiger partial charge in [0, 0.05) is 50.4 Å². The number of nitrogens with zero attached hydrogens (tertiary/aromatic N) is 9. The van der Waals surface area contributed by atoms with Crippen LogP contribution < -0.4 is 20.4 Å². The maximum Gasteiger partial charge on any atom is 0.262 e. The Labute approximate surface area is 333 Å². The summed E-state index contributed by atoms with van der Waals surface area (Å²) in [6, 6.07) is 11.3. The number of fused-ring (bicyclic) bond motifs is 2. The third-order valence-electron chi connectivity index (χ3n) is 11.1. The molecule has 7 heterocycles. The van der Waals surface area contributed by atoms with Crippen molar-refractivity contribution in [1.29, 1.82) is 0 Å². The van der Waals surface area contributed by atoms with Crippen molar-refractivity contribution in [3.63, 3.8) is 0 Å². The van der Waals surface area contributed by atoms with Crippen LogP contribution in [0.15, 0.2) is 48.8 Å². The predicted molar refractivity (Wildman–Crippen MR) is 209 cm³/mol. The van der Waals surface area contributed by atoms with Crippen molar-refractivity contribution in [2.75, 3.05) is 48.5 Å². The van der Waals surface area contributed by atoms with E-state index in [-0.39, 0.29) is 68.1 Å². The molecule has 0 spiro atoms. The van der Waals surface area contributed by atoms with Crippen LogP contribution in [0.5, 0.6) is 0 Å². The molecule has 0 aliphatic carbocycles. The number of anilines is 3. The first-order valence-corrected chi connectivity index (χ1v) is 19.4. The van der Waals surface area contributed by atoms with Crippen LogP contribution in [0.1, 0.15) is 81.9 Å². The minimum absolute atomic E-state index is 0.0406. The van der Waals surface area contributed by atoms with Gasteiger partial charge in [0.05, 0.1) is 42.1 Å². The van der Waals surface area contributed by atoms with Crippen LogP contribution >= 0.6 is 0 Å². The predicted octanol–water partition coefficient (Wildman–Crippen LogP) is 2.39. The van der Waals surface area contributed by atoms with Crippen LogP contribution in [-0.4, -0.2) is 115 Å². The number of benzene rings is 1. The second kappa shape index (κ2) is 15.8. The molecule has 2 fully saturated rings. The molecule has 2 saturated heterocycles. The van der Waals surface area contributed by atoms with E-state index in [9.17, 15) is 28.8 Å². The van der Waals surface area contributed by atoms with Gasteiger partial charge in [-0.2, -0.15) is 0 Å². The number of hydrogen-bond acceptors (Lipinski definition) is 13. The number of piperidine rings is 1. The Morgan fingerprint density at radius 1 is 0.983 bits per heavy atom. The number of pyridine rings is 2. The molecule has 300 valence electrons. The summed E-state index contributed by atoms with van der Waals surface area (Å²) >= 11 is 0. The monoisotopic (exact) mass is 789 g/mol. The minimum Gasteiger partial charge on any atom is -0.383 e. The highest BCUT2D eigenvalue weighted by atomic mass is 16.5. The molecule has 4 aromatic rings. The Hall–Kier alpha value is -6.56. The van der Waals surface area contributed by atoms with E-state index in [1.807, 2.05) is 29.7 Å². The molecule has 58 heavy (non-hydrogen) atoms. The number of imide groups is 2. The standard InChI is InChI=1S/C40H43N11O7/c1-4-48-22-42-46-36(48)29-8-5-9-32(43-29)50-19-28-27(38(50)55)18-33(49-15-6-7-23(49)2)44-30(28)20-47(3)35(53)21-58-16-14-41-24-10-11-25-26(17-24)40(57)51(39(25)56)31-12-13-34(52)45-37(31)54/h5,8-11,17-18,22-23,31,41H,4,6-7,12-16,19-21H2,1-3H3,(H,45,52,54)/t23-,31?/m1/s1. The van der Waals surface area contributed by atoms with Gasteiger partial charge in [-0.3, -0.25) is 43.9 Å². The number of carbonyl (C=O) groups excluding carboxylic acids is 6. The number of likely N-dealkylation sites (N-methyl/N-ethyl adjacent to an activating group) is 1. The lowest BCUT2D eigenvalue weighted by atomic mass is 10.0. The van der Waals surface area contributed by atoms with Gasteiger partial charge in [-0.25, -0.2) is 9.97 Å². The summed E-state index contributed by atoms with van der Waals surface area (Å²) in [5.41, 5.74) is 3.40. The Morgan fingerprint density at radius 2 is 1.81 bits per heavy atom. The maximum absolute atomic E-state index is 14.1. The number of rotatable bonds is 13. The van der Waals surface area contributed by atoms with E-state index in [2.05, 4.69) is 32.7 Å². The van der Waals surface area contributed by atoms with E-state index in [0.29, 0.717) is 53.2 Å². The topological polar surface area (TPSA) is 205 Å². The van der Waals surface area contributed by atoms with E-state index in [0.717, 1.165) is 29.8 Å². The molecular weight excluding hydrogens is 747 g/mol. The number of hydrogen-bond donors (Lipinski definition) is 2. The fraction of sp³-hybridized carbons (Fsp3) is 0.400. The molecule has 8 rings (SSSR count). The number of aromatic nitrogens is 5. The maximum atomic E-state index is 14.1. The first-order valence-electron chi connectivity index (χ1n) is 19.4. The molecule has 0 bridgehead atoms. The SMILES string of the molecule is CCn1cnnc1-c1cccc(N2Cc3c(cc(N4CCC[C@H]4C)nc3CN(C)C(=O)COCCNc3ccc4c(c3)C(=O)N(C3CCC(=O)NC3=O)C4=O)C2=O)n1. The van der Waals surface area contributed by atoms with Crippen LogP contribution in [0, 0.1) is 0 Å². The van der Waals surface area contributed by atoms with Crippen LogP contribution in [0.3, 0.4) is 0 Å². The van der Waals surface area contributed by atoms with E-state index in [4.69, 9.17) is 14.7 Å². The smallest absolute Gasteiger partial charge is 0.262 e. The Kier molecular flexibility index (Phi) is 10.4. The van der Waals surface area contributed by atoms with Gasteiger partial charge >= 0.3 is 0 Å². The summed E-state index contributed by atoms with van der Waals surface area (Å²) in [6.07, 6.45) is 3.80. The lowest BCUT2D eigenvalue weighted by Gasteiger charge is -2.27. The highest BCUT2D eigenvalue weighted by Crippen LogP contribution is 2.35. The van der Waals surface area contributed by atoms with Crippen LogP contribution in [-0.2, 0) is 38.8 Å². The summed E-state index contributed by atoms with van der Waals surface area (Å²) in [5.74, 6) is -0.955. The van der Waals surface area contributed by atoms with E-state index in [1.165, 1.54) is 11.0 Å². The average Bonchev–Trinajstić information content (AvgIpc) is 4.00. The number of ether oxygens (including phenoxy) is 1. The van der Waals surface area contributed by atoms with E-state index < -0.39 is 29.7 Å². The Balaban J connectivity index is 0.901. The van der Waals surface area contributed by atoms with Crippen molar-refractivity contribution in [3.05, 3.63) is 76.7 Å². The summed E-state index contributed by atoms with van der Waals surface area (Å²) in [7, 11) is 1.67. The molecule has 0 radical (unpaired) electrons. The normalized spacial score (nSPS) is 18.9. The lowest BCUT2D eigenvalue weighted by molar-refractivity contribution is -0.136. The molecule has 1 aromatic carbocycles. The summed E-state index contributed by atoms with van der Waals surface area (Å²) in [4.78, 5) is 93.7. The number of nitrogens with one attached hydrogen (secondary N) is 2. The summed E-state index contributed by atoms with van der Waals surface area (Å²) in [5, 5.41) is 13.6. The molecule has 4 aliphatic rings. The molecule has 2 atom stereocenters. The van der Waals surface area contributed by atoms with Crippen molar-refractivity contribution < 1.29 is 33.5 Å². The second-order valence-electron chi connectivity index (χ2n) is 14.8. The van der Waals surface area contributed by atoms with Crippen molar-refractivity contribution in [1.82, 2.24) is 39.8 Å². The quantitative estimate of drug-likeness (QED) is 0.148. The fourth-order valence-electron chi connectivity index (χ4n) is 7.90. The van der Waals surface area contributed by atoms with E-state index in [1.54, 1.807) is 36.5 Å². The summed E-state index contributed by atoms with van der Waals surface area (Å²) in [6.45, 7) is 6.28. The van der Waals surface area contributed by atoms with Crippen LogP contribution in [0.25, 0.3) is 11.5 Å². The molecule has 6 amide bonds.